The monoisotopic (exact) mass is 396 g/mol. The maximum Gasteiger partial charge on any atom is 0.251 e. The molecule has 1 aliphatic rings. The van der Waals surface area contributed by atoms with Crippen molar-refractivity contribution in [3.63, 3.8) is 0 Å². The summed E-state index contributed by atoms with van der Waals surface area (Å²) >= 11 is 6.31. The van der Waals surface area contributed by atoms with E-state index in [1.807, 2.05) is 4.90 Å². The minimum absolute atomic E-state index is 0.200. The van der Waals surface area contributed by atoms with Crippen LogP contribution in [0, 0.1) is 5.92 Å². The van der Waals surface area contributed by atoms with Crippen LogP contribution in [0.25, 0.3) is 0 Å². The zero-order valence-corrected chi connectivity index (χ0v) is 17.1. The molecule has 1 aromatic rings. The molecular weight excluding hydrogens is 368 g/mol. The first-order valence-electron chi connectivity index (χ1n) is 9.48. The molecule has 6 nitrogen and oxygen atoms in total. The SMILES string of the molecule is COc1cc(C(=O)NCCCN2CCCC2=O)cc(Cl)c1OCCC(C)C. The van der Waals surface area contributed by atoms with Crippen molar-refractivity contribution in [2.24, 2.45) is 5.92 Å². The lowest BCUT2D eigenvalue weighted by molar-refractivity contribution is -0.127. The number of carbonyl (C=O) groups excluding carboxylic acids is 2. The minimum atomic E-state index is -0.225. The second-order valence-corrected chi connectivity index (χ2v) is 7.52. The van der Waals surface area contributed by atoms with Gasteiger partial charge in [0.05, 0.1) is 18.7 Å². The van der Waals surface area contributed by atoms with Gasteiger partial charge in [0.15, 0.2) is 11.5 Å². The van der Waals surface area contributed by atoms with Gasteiger partial charge in [-0.15, -0.1) is 0 Å². The molecule has 27 heavy (non-hydrogen) atoms. The van der Waals surface area contributed by atoms with Crippen LogP contribution in [0.2, 0.25) is 5.02 Å². The summed E-state index contributed by atoms with van der Waals surface area (Å²) in [4.78, 5) is 25.8. The molecule has 7 heteroatoms. The Morgan fingerprint density at radius 3 is 2.78 bits per heavy atom. The number of likely N-dealkylation sites (tertiary alicyclic amines) is 1. The predicted octanol–water partition coefficient (Wildman–Crippen LogP) is 3.52. The van der Waals surface area contributed by atoms with Crippen molar-refractivity contribution in [1.29, 1.82) is 0 Å². The summed E-state index contributed by atoms with van der Waals surface area (Å²) in [5.41, 5.74) is 0.422. The summed E-state index contributed by atoms with van der Waals surface area (Å²) in [5.74, 6) is 1.40. The molecule has 1 heterocycles. The van der Waals surface area contributed by atoms with Crippen LogP contribution in [0.4, 0.5) is 0 Å². The lowest BCUT2D eigenvalue weighted by Crippen LogP contribution is -2.30. The molecular formula is C20H29ClN2O4. The first kappa shape index (κ1) is 21.4. The lowest BCUT2D eigenvalue weighted by atomic mass is 10.1. The highest BCUT2D eigenvalue weighted by Gasteiger charge is 2.19. The Bertz CT molecular complexity index is 664. The van der Waals surface area contributed by atoms with Gasteiger partial charge < -0.3 is 19.7 Å². The quantitative estimate of drug-likeness (QED) is 0.614. The Kier molecular flexibility index (Phi) is 8.23. The van der Waals surface area contributed by atoms with Crippen molar-refractivity contribution in [2.45, 2.75) is 39.5 Å². The standard InChI is InChI=1S/C20H29ClN2O4/c1-14(2)7-11-27-19-16(21)12-15(13-17(19)26-3)20(25)22-8-5-10-23-9-4-6-18(23)24/h12-14H,4-11H2,1-3H3,(H,22,25). The average molecular weight is 397 g/mol. The normalized spacial score (nSPS) is 14.0. The van der Waals surface area contributed by atoms with Crippen molar-refractivity contribution in [1.82, 2.24) is 10.2 Å². The minimum Gasteiger partial charge on any atom is -0.493 e. The van der Waals surface area contributed by atoms with Crippen LogP contribution in [0.5, 0.6) is 11.5 Å². The van der Waals surface area contributed by atoms with Gasteiger partial charge in [0.2, 0.25) is 5.91 Å². The fourth-order valence-corrected chi connectivity index (χ4v) is 3.17. The molecule has 0 saturated carbocycles. The molecule has 1 N–H and O–H groups in total. The number of rotatable bonds is 10. The van der Waals surface area contributed by atoms with Gasteiger partial charge in [-0.05, 0) is 37.3 Å². The Morgan fingerprint density at radius 2 is 2.15 bits per heavy atom. The summed E-state index contributed by atoms with van der Waals surface area (Å²) in [7, 11) is 1.52. The summed E-state index contributed by atoms with van der Waals surface area (Å²) in [5, 5.41) is 3.21. The Labute approximate surface area is 166 Å². The molecule has 2 rings (SSSR count). The third-order valence-corrected chi connectivity index (χ3v) is 4.78. The van der Waals surface area contributed by atoms with Gasteiger partial charge in [0.1, 0.15) is 0 Å². The first-order chi connectivity index (χ1) is 12.9. The summed E-state index contributed by atoms with van der Waals surface area (Å²) < 4.78 is 11.1. The number of halogens is 1. The van der Waals surface area contributed by atoms with Gasteiger partial charge in [0.25, 0.3) is 5.91 Å². The molecule has 0 atom stereocenters. The molecule has 1 fully saturated rings. The van der Waals surface area contributed by atoms with Crippen molar-refractivity contribution in [2.75, 3.05) is 33.4 Å². The summed E-state index contributed by atoms with van der Waals surface area (Å²) in [6, 6.07) is 3.23. The number of hydrogen-bond donors (Lipinski definition) is 1. The predicted molar refractivity (Wildman–Crippen MR) is 106 cm³/mol. The lowest BCUT2D eigenvalue weighted by Gasteiger charge is -2.16. The van der Waals surface area contributed by atoms with Crippen LogP contribution in [0.1, 0.15) is 49.9 Å². The van der Waals surface area contributed by atoms with Gasteiger partial charge in [-0.2, -0.15) is 0 Å². The van der Waals surface area contributed by atoms with Gasteiger partial charge >= 0.3 is 0 Å². The van der Waals surface area contributed by atoms with E-state index in [4.69, 9.17) is 21.1 Å². The van der Waals surface area contributed by atoms with Crippen LogP contribution in [0.15, 0.2) is 12.1 Å². The van der Waals surface area contributed by atoms with Crippen LogP contribution < -0.4 is 14.8 Å². The molecule has 1 aliphatic heterocycles. The molecule has 2 amide bonds. The summed E-state index contributed by atoms with van der Waals surface area (Å²) in [6.07, 6.45) is 3.19. The van der Waals surface area contributed by atoms with E-state index in [2.05, 4.69) is 19.2 Å². The molecule has 0 aliphatic carbocycles. The number of nitrogens with one attached hydrogen (secondary N) is 1. The third-order valence-electron chi connectivity index (χ3n) is 4.49. The van der Waals surface area contributed by atoms with Crippen molar-refractivity contribution in [3.8, 4) is 11.5 Å². The van der Waals surface area contributed by atoms with Crippen molar-refractivity contribution < 1.29 is 19.1 Å². The highest BCUT2D eigenvalue weighted by molar-refractivity contribution is 6.32. The number of ether oxygens (including phenoxy) is 2. The van der Waals surface area contributed by atoms with E-state index in [1.165, 1.54) is 7.11 Å². The zero-order chi connectivity index (χ0) is 19.8. The molecule has 1 saturated heterocycles. The highest BCUT2D eigenvalue weighted by atomic mass is 35.5. The molecule has 150 valence electrons. The molecule has 0 unspecified atom stereocenters. The molecule has 0 aromatic heterocycles. The zero-order valence-electron chi connectivity index (χ0n) is 16.3. The van der Waals surface area contributed by atoms with Gasteiger partial charge in [-0.3, -0.25) is 9.59 Å². The smallest absolute Gasteiger partial charge is 0.251 e. The van der Waals surface area contributed by atoms with Crippen LogP contribution in [0.3, 0.4) is 0 Å². The molecule has 0 bridgehead atoms. The molecule has 1 aromatic carbocycles. The fourth-order valence-electron chi connectivity index (χ4n) is 2.90. The van der Waals surface area contributed by atoms with Gasteiger partial charge in [-0.1, -0.05) is 25.4 Å². The largest absolute Gasteiger partial charge is 0.493 e. The van der Waals surface area contributed by atoms with E-state index in [9.17, 15) is 9.59 Å². The molecule has 0 spiro atoms. The number of carbonyl (C=O) groups is 2. The Balaban J connectivity index is 1.89. The maximum absolute atomic E-state index is 12.4. The van der Waals surface area contributed by atoms with E-state index >= 15 is 0 Å². The Morgan fingerprint density at radius 1 is 1.37 bits per heavy atom. The number of amides is 2. The number of hydrogen-bond acceptors (Lipinski definition) is 4. The van der Waals surface area contributed by atoms with E-state index < -0.39 is 0 Å². The van der Waals surface area contributed by atoms with E-state index in [1.54, 1.807) is 12.1 Å². The maximum atomic E-state index is 12.4. The van der Waals surface area contributed by atoms with Crippen LogP contribution in [-0.4, -0.2) is 50.1 Å². The molecule has 0 radical (unpaired) electrons. The average Bonchev–Trinajstić information content (AvgIpc) is 3.04. The second-order valence-electron chi connectivity index (χ2n) is 7.11. The first-order valence-corrected chi connectivity index (χ1v) is 9.86. The topological polar surface area (TPSA) is 67.9 Å². The van der Waals surface area contributed by atoms with Crippen molar-refractivity contribution >= 4 is 23.4 Å². The fraction of sp³-hybridized carbons (Fsp3) is 0.600. The van der Waals surface area contributed by atoms with E-state index in [0.29, 0.717) is 54.1 Å². The van der Waals surface area contributed by atoms with Crippen LogP contribution >= 0.6 is 11.6 Å². The second kappa shape index (κ2) is 10.4. The highest BCUT2D eigenvalue weighted by Crippen LogP contribution is 2.36. The third kappa shape index (κ3) is 6.31. The van der Waals surface area contributed by atoms with Crippen LogP contribution in [-0.2, 0) is 4.79 Å². The summed E-state index contributed by atoms with van der Waals surface area (Å²) in [6.45, 7) is 6.76. The van der Waals surface area contributed by atoms with E-state index in [0.717, 1.165) is 25.8 Å². The van der Waals surface area contributed by atoms with Crippen molar-refractivity contribution in [3.05, 3.63) is 22.7 Å². The number of nitrogens with zero attached hydrogens (tertiary/aromatic N) is 1. The Hall–Kier alpha value is -1.95. The van der Waals surface area contributed by atoms with Gasteiger partial charge in [-0.25, -0.2) is 0 Å². The van der Waals surface area contributed by atoms with E-state index in [-0.39, 0.29) is 11.8 Å². The number of benzene rings is 1. The number of methoxy groups -OCH3 is 1. The van der Waals surface area contributed by atoms with Gasteiger partial charge in [0, 0.05) is 31.6 Å².